The van der Waals surface area contributed by atoms with Gasteiger partial charge in [0.1, 0.15) is 0 Å². The maximum atomic E-state index is 5.63. The van der Waals surface area contributed by atoms with Crippen molar-refractivity contribution in [1.29, 1.82) is 0 Å². The zero-order valence-electron chi connectivity index (χ0n) is 6.50. The van der Waals surface area contributed by atoms with Gasteiger partial charge in [0.15, 0.2) is 0 Å². The monoisotopic (exact) mass is 188 g/mol. The summed E-state index contributed by atoms with van der Waals surface area (Å²) in [5.41, 5.74) is 0.995. The average Bonchev–Trinajstić information content (AvgIpc) is 1.94. The molecule has 0 amide bonds. The molecule has 1 aromatic heterocycles. The molecule has 1 heterocycles. The molecule has 1 atom stereocenters. The summed E-state index contributed by atoms with van der Waals surface area (Å²) < 4.78 is 0. The number of hydrogen-bond donors (Lipinski definition) is 0. The second kappa shape index (κ2) is 3.46. The first-order chi connectivity index (χ1) is 5.11. The lowest BCUT2D eigenvalue weighted by molar-refractivity contribution is 0.824. The smallest absolute Gasteiger partial charge is 0.222 e. The van der Waals surface area contributed by atoms with Crippen molar-refractivity contribution in [1.82, 2.24) is 9.97 Å². The quantitative estimate of drug-likeness (QED) is 0.496. The van der Waals surface area contributed by atoms with Crippen LogP contribution in [0.3, 0.4) is 0 Å². The van der Waals surface area contributed by atoms with Crippen molar-refractivity contribution in [2.45, 2.75) is 19.8 Å². The van der Waals surface area contributed by atoms with E-state index in [1.807, 2.05) is 0 Å². The van der Waals surface area contributed by atoms with Crippen LogP contribution in [0, 0.1) is 0 Å². The summed E-state index contributed by atoms with van der Waals surface area (Å²) in [6, 6.07) is 0. The van der Waals surface area contributed by atoms with Crippen molar-refractivity contribution in [3.8, 4) is 0 Å². The van der Waals surface area contributed by atoms with Gasteiger partial charge in [0, 0.05) is 11.5 Å². The summed E-state index contributed by atoms with van der Waals surface area (Å²) in [5, 5.41) is 1.34. The van der Waals surface area contributed by atoms with E-state index in [0.717, 1.165) is 11.0 Å². The van der Waals surface area contributed by atoms with E-state index < -0.39 is 0 Å². The average molecular weight is 189 g/mol. The number of aromatic nitrogens is 2. The Labute approximate surface area is 73.6 Å². The highest BCUT2D eigenvalue weighted by atomic mass is 35.5. The fraction of sp³-hybridized carbons (Fsp3) is 0.429. The Balaban J connectivity index is 3.13. The molecule has 0 bridgehead atoms. The van der Waals surface area contributed by atoms with Crippen LogP contribution in [-0.4, -0.2) is 9.97 Å². The Morgan fingerprint density at radius 3 is 2.64 bits per heavy atom. The van der Waals surface area contributed by atoms with Gasteiger partial charge in [0.2, 0.25) is 5.28 Å². The van der Waals surface area contributed by atoms with E-state index in [9.17, 15) is 0 Å². The zero-order chi connectivity index (χ0) is 8.43. The molecule has 11 heavy (non-hydrogen) atoms. The highest BCUT2D eigenvalue weighted by Crippen LogP contribution is 2.12. The second-order valence-electron chi connectivity index (χ2n) is 2.63. The predicted molar refractivity (Wildman–Crippen MR) is 50.5 cm³/mol. The van der Waals surface area contributed by atoms with Gasteiger partial charge in [-0.2, -0.15) is 0 Å². The molecule has 1 aromatic rings. The second-order valence-corrected chi connectivity index (χ2v) is 3.59. The third kappa shape index (κ3) is 2.11. The van der Waals surface area contributed by atoms with Crippen LogP contribution < -0.4 is 5.30 Å². The fourth-order valence-corrected chi connectivity index (χ4v) is 1.46. The van der Waals surface area contributed by atoms with Crippen molar-refractivity contribution < 1.29 is 0 Å². The molecule has 2 nitrogen and oxygen atoms in total. The normalized spacial score (nSPS) is 10.6. The van der Waals surface area contributed by atoms with Crippen molar-refractivity contribution in [2.24, 2.45) is 0 Å². The maximum absolute atomic E-state index is 5.63. The van der Waals surface area contributed by atoms with Gasteiger partial charge in [-0.05, 0) is 17.5 Å². The van der Waals surface area contributed by atoms with Gasteiger partial charge < -0.3 is 0 Å². The predicted octanol–water partition coefficient (Wildman–Crippen LogP) is 1.75. The Bertz CT molecular complexity index is 263. The lowest BCUT2D eigenvalue weighted by atomic mass is 10.1. The van der Waals surface area contributed by atoms with Gasteiger partial charge in [-0.15, -0.1) is 9.24 Å². The number of rotatable bonds is 1. The fourth-order valence-electron chi connectivity index (χ4n) is 0.844. The molecule has 0 saturated heterocycles. The summed E-state index contributed by atoms with van der Waals surface area (Å²) >= 11 is 5.63. The summed E-state index contributed by atoms with van der Waals surface area (Å²) in [5.74, 6) is 0.392. The van der Waals surface area contributed by atoms with Gasteiger partial charge in [-0.1, -0.05) is 13.8 Å². The summed E-state index contributed by atoms with van der Waals surface area (Å²) in [6.45, 7) is 4.15. The van der Waals surface area contributed by atoms with Crippen molar-refractivity contribution in [2.75, 3.05) is 0 Å². The van der Waals surface area contributed by atoms with Crippen LogP contribution in [-0.2, 0) is 0 Å². The zero-order valence-corrected chi connectivity index (χ0v) is 8.42. The highest BCUT2D eigenvalue weighted by molar-refractivity contribution is 7.27. The van der Waals surface area contributed by atoms with Gasteiger partial charge >= 0.3 is 0 Å². The molecule has 0 aromatic carbocycles. The molecule has 0 fully saturated rings. The van der Waals surface area contributed by atoms with Crippen LogP contribution >= 0.6 is 20.8 Å². The molecule has 0 radical (unpaired) electrons. The Morgan fingerprint density at radius 1 is 1.55 bits per heavy atom. The first-order valence-electron chi connectivity index (χ1n) is 3.39. The lowest BCUT2D eigenvalue weighted by Gasteiger charge is -2.06. The van der Waals surface area contributed by atoms with E-state index in [0.29, 0.717) is 11.2 Å². The van der Waals surface area contributed by atoms with Crippen molar-refractivity contribution >= 4 is 26.1 Å². The van der Waals surface area contributed by atoms with E-state index in [4.69, 9.17) is 11.6 Å². The minimum Gasteiger partial charge on any atom is -0.226 e. The largest absolute Gasteiger partial charge is 0.226 e. The SMILES string of the molecule is CC(C)c1nc(Cl)ncc1P. The topological polar surface area (TPSA) is 25.8 Å². The van der Waals surface area contributed by atoms with Crippen molar-refractivity contribution in [3.05, 3.63) is 17.2 Å². The van der Waals surface area contributed by atoms with Gasteiger partial charge in [-0.3, -0.25) is 0 Å². The van der Waals surface area contributed by atoms with Crippen LogP contribution in [0.15, 0.2) is 6.20 Å². The maximum Gasteiger partial charge on any atom is 0.222 e. The minimum atomic E-state index is 0.319. The molecule has 4 heteroatoms. The third-order valence-electron chi connectivity index (χ3n) is 1.37. The number of halogens is 1. The van der Waals surface area contributed by atoms with Gasteiger partial charge in [-0.25, -0.2) is 9.97 Å². The molecule has 1 rings (SSSR count). The van der Waals surface area contributed by atoms with Crippen LogP contribution in [0.1, 0.15) is 25.5 Å². The molecular weight excluding hydrogens is 179 g/mol. The van der Waals surface area contributed by atoms with E-state index in [1.54, 1.807) is 6.20 Å². The molecule has 0 N–H and O–H groups in total. The van der Waals surface area contributed by atoms with Crippen LogP contribution in [0.25, 0.3) is 0 Å². The molecule has 60 valence electrons. The van der Waals surface area contributed by atoms with Crippen LogP contribution in [0.4, 0.5) is 0 Å². The van der Waals surface area contributed by atoms with Crippen molar-refractivity contribution in [3.63, 3.8) is 0 Å². The Hall–Kier alpha value is -0.200. The lowest BCUT2D eigenvalue weighted by Crippen LogP contribution is -2.08. The summed E-state index contributed by atoms with van der Waals surface area (Å²) in [7, 11) is 2.59. The van der Waals surface area contributed by atoms with E-state index >= 15 is 0 Å². The van der Waals surface area contributed by atoms with Gasteiger partial charge in [0.25, 0.3) is 0 Å². The minimum absolute atomic E-state index is 0.319. The molecule has 0 saturated carbocycles. The molecule has 0 aliphatic carbocycles. The Kier molecular flexibility index (Phi) is 2.80. The van der Waals surface area contributed by atoms with Crippen LogP contribution in [0.5, 0.6) is 0 Å². The first kappa shape index (κ1) is 8.89. The number of nitrogens with zero attached hydrogens (tertiary/aromatic N) is 2. The highest BCUT2D eigenvalue weighted by Gasteiger charge is 2.05. The molecule has 0 spiro atoms. The molecule has 0 aliphatic rings. The first-order valence-corrected chi connectivity index (χ1v) is 4.34. The third-order valence-corrected chi connectivity index (χ3v) is 1.99. The molecular formula is C7H10ClN2P. The van der Waals surface area contributed by atoms with Gasteiger partial charge in [0.05, 0.1) is 5.69 Å². The van der Waals surface area contributed by atoms with E-state index in [2.05, 4.69) is 33.1 Å². The van der Waals surface area contributed by atoms with E-state index in [-0.39, 0.29) is 0 Å². The summed E-state index contributed by atoms with van der Waals surface area (Å²) in [6.07, 6.45) is 1.72. The molecule has 1 unspecified atom stereocenters. The summed E-state index contributed by atoms with van der Waals surface area (Å²) in [4.78, 5) is 7.96. The number of hydrogen-bond acceptors (Lipinski definition) is 2. The standard InChI is InChI=1S/C7H10ClN2P/c1-4(2)6-5(11)3-9-7(8)10-6/h3-4H,11H2,1-2H3. The van der Waals surface area contributed by atoms with Crippen LogP contribution in [0.2, 0.25) is 5.28 Å². The molecule has 0 aliphatic heterocycles. The Morgan fingerprint density at radius 2 is 2.18 bits per heavy atom. The van der Waals surface area contributed by atoms with E-state index in [1.165, 1.54) is 0 Å².